The average Bonchev–Trinajstić information content (AvgIpc) is 2.17. The Morgan fingerprint density at radius 1 is 1.64 bits per heavy atom. The van der Waals surface area contributed by atoms with Gasteiger partial charge in [0.2, 0.25) is 0 Å². The third-order valence-electron chi connectivity index (χ3n) is 2.22. The van der Waals surface area contributed by atoms with Crippen molar-refractivity contribution in [1.82, 2.24) is 15.1 Å². The van der Waals surface area contributed by atoms with E-state index in [0.29, 0.717) is 19.7 Å². The Balaban J connectivity index is 2.43. The van der Waals surface area contributed by atoms with Gasteiger partial charge < -0.3 is 19.9 Å². The van der Waals surface area contributed by atoms with Gasteiger partial charge in [0, 0.05) is 33.7 Å². The molecule has 0 aromatic rings. The molecule has 2 amide bonds. The van der Waals surface area contributed by atoms with Crippen LogP contribution in [-0.4, -0.2) is 69.3 Å². The van der Waals surface area contributed by atoms with Crippen LogP contribution in [0, 0.1) is 0 Å². The predicted molar refractivity (Wildman–Crippen MR) is 54.3 cm³/mol. The minimum Gasteiger partial charge on any atom is -0.373 e. The van der Waals surface area contributed by atoms with E-state index in [2.05, 4.69) is 5.32 Å². The zero-order valence-corrected chi connectivity index (χ0v) is 9.12. The second-order valence-corrected chi connectivity index (χ2v) is 3.67. The fourth-order valence-corrected chi connectivity index (χ4v) is 1.53. The molecule has 0 aromatic carbocycles. The van der Waals surface area contributed by atoms with Crippen molar-refractivity contribution in [3.05, 3.63) is 0 Å². The second kappa shape index (κ2) is 5.17. The van der Waals surface area contributed by atoms with E-state index >= 15 is 0 Å². The molecule has 1 aliphatic heterocycles. The lowest BCUT2D eigenvalue weighted by Crippen LogP contribution is -2.51. The molecule has 1 atom stereocenters. The molecule has 0 aromatic heterocycles. The first-order valence-corrected chi connectivity index (χ1v) is 4.87. The van der Waals surface area contributed by atoms with Crippen molar-refractivity contribution >= 4 is 6.03 Å². The Labute approximate surface area is 85.0 Å². The first-order chi connectivity index (χ1) is 6.65. The fourth-order valence-electron chi connectivity index (χ4n) is 1.53. The molecule has 1 aliphatic rings. The van der Waals surface area contributed by atoms with Crippen molar-refractivity contribution in [3.63, 3.8) is 0 Å². The fraction of sp³-hybridized carbons (Fsp3) is 0.889. The standard InChI is InChI=1S/C9H19N3O2/c1-10-6-8-7-12(4-5-14-8)9(13)11(2)3/h8,10H,4-7H2,1-3H3. The summed E-state index contributed by atoms with van der Waals surface area (Å²) in [7, 11) is 5.42. The lowest BCUT2D eigenvalue weighted by molar-refractivity contribution is -0.0154. The molecule has 1 fully saturated rings. The summed E-state index contributed by atoms with van der Waals surface area (Å²) in [5.41, 5.74) is 0. The van der Waals surface area contributed by atoms with Crippen molar-refractivity contribution in [2.75, 3.05) is 47.4 Å². The van der Waals surface area contributed by atoms with Gasteiger partial charge >= 0.3 is 6.03 Å². The molecule has 0 saturated carbocycles. The molecule has 0 radical (unpaired) electrons. The van der Waals surface area contributed by atoms with Crippen molar-refractivity contribution in [2.45, 2.75) is 6.10 Å². The van der Waals surface area contributed by atoms with Gasteiger partial charge in [-0.05, 0) is 7.05 Å². The molecule has 1 unspecified atom stereocenters. The summed E-state index contributed by atoms with van der Waals surface area (Å²) < 4.78 is 5.50. The summed E-state index contributed by atoms with van der Waals surface area (Å²) in [4.78, 5) is 15.0. The van der Waals surface area contributed by atoms with Crippen LogP contribution in [0.1, 0.15) is 0 Å². The summed E-state index contributed by atoms with van der Waals surface area (Å²) in [5.74, 6) is 0. The van der Waals surface area contributed by atoms with E-state index < -0.39 is 0 Å². The Kier molecular flexibility index (Phi) is 4.16. The summed E-state index contributed by atoms with van der Waals surface area (Å²) in [6.45, 7) is 2.79. The molecule has 0 bridgehead atoms. The third-order valence-corrected chi connectivity index (χ3v) is 2.22. The van der Waals surface area contributed by atoms with Crippen molar-refractivity contribution in [1.29, 1.82) is 0 Å². The maximum atomic E-state index is 11.6. The van der Waals surface area contributed by atoms with E-state index in [1.54, 1.807) is 19.0 Å². The molecule has 0 spiro atoms. The average molecular weight is 201 g/mol. The number of hydrogen-bond donors (Lipinski definition) is 1. The second-order valence-electron chi connectivity index (χ2n) is 3.67. The van der Waals surface area contributed by atoms with Gasteiger partial charge in [-0.3, -0.25) is 0 Å². The number of morpholine rings is 1. The first-order valence-electron chi connectivity index (χ1n) is 4.87. The number of carbonyl (C=O) groups excluding carboxylic acids is 1. The number of hydrogen-bond acceptors (Lipinski definition) is 3. The predicted octanol–water partition coefficient (Wildman–Crippen LogP) is -0.412. The highest BCUT2D eigenvalue weighted by molar-refractivity contribution is 5.73. The number of urea groups is 1. The topological polar surface area (TPSA) is 44.8 Å². The normalized spacial score (nSPS) is 22.2. The lowest BCUT2D eigenvalue weighted by atomic mass is 10.3. The zero-order valence-electron chi connectivity index (χ0n) is 9.12. The molecule has 0 aliphatic carbocycles. The van der Waals surface area contributed by atoms with Crippen LogP contribution in [0.25, 0.3) is 0 Å². The third kappa shape index (κ3) is 2.85. The molecular weight excluding hydrogens is 182 g/mol. The minimum absolute atomic E-state index is 0.0643. The van der Waals surface area contributed by atoms with Gasteiger partial charge in [0.05, 0.1) is 12.7 Å². The molecular formula is C9H19N3O2. The molecule has 5 nitrogen and oxygen atoms in total. The van der Waals surface area contributed by atoms with Crippen LogP contribution in [0.3, 0.4) is 0 Å². The molecule has 14 heavy (non-hydrogen) atoms. The lowest BCUT2D eigenvalue weighted by Gasteiger charge is -2.34. The number of ether oxygens (including phenoxy) is 1. The Morgan fingerprint density at radius 2 is 2.36 bits per heavy atom. The van der Waals surface area contributed by atoms with Crippen molar-refractivity contribution < 1.29 is 9.53 Å². The van der Waals surface area contributed by atoms with Gasteiger partial charge in [0.25, 0.3) is 0 Å². The molecule has 1 heterocycles. The maximum Gasteiger partial charge on any atom is 0.319 e. The largest absolute Gasteiger partial charge is 0.373 e. The van der Waals surface area contributed by atoms with Gasteiger partial charge in [-0.2, -0.15) is 0 Å². The van der Waals surface area contributed by atoms with Gasteiger partial charge in [0.1, 0.15) is 0 Å². The highest BCUT2D eigenvalue weighted by Gasteiger charge is 2.24. The summed E-state index contributed by atoms with van der Waals surface area (Å²) in [6.07, 6.45) is 0.123. The Hall–Kier alpha value is -0.810. The highest BCUT2D eigenvalue weighted by Crippen LogP contribution is 2.06. The van der Waals surface area contributed by atoms with E-state index in [0.717, 1.165) is 6.54 Å². The maximum absolute atomic E-state index is 11.6. The van der Waals surface area contributed by atoms with Crippen LogP contribution in [0.4, 0.5) is 4.79 Å². The van der Waals surface area contributed by atoms with E-state index in [9.17, 15) is 4.79 Å². The van der Waals surface area contributed by atoms with Gasteiger partial charge in [0.15, 0.2) is 0 Å². The van der Waals surface area contributed by atoms with Gasteiger partial charge in [-0.1, -0.05) is 0 Å². The van der Waals surface area contributed by atoms with Gasteiger partial charge in [-0.15, -0.1) is 0 Å². The molecule has 1 N–H and O–H groups in total. The smallest absolute Gasteiger partial charge is 0.319 e. The van der Waals surface area contributed by atoms with E-state index in [-0.39, 0.29) is 12.1 Å². The molecule has 82 valence electrons. The van der Waals surface area contributed by atoms with Crippen LogP contribution in [0.15, 0.2) is 0 Å². The molecule has 1 saturated heterocycles. The number of likely N-dealkylation sites (N-methyl/N-ethyl adjacent to an activating group) is 1. The van der Waals surface area contributed by atoms with Crippen molar-refractivity contribution in [2.24, 2.45) is 0 Å². The monoisotopic (exact) mass is 201 g/mol. The first kappa shape index (κ1) is 11.3. The Bertz CT molecular complexity index is 194. The molecule has 5 heteroatoms. The number of carbonyl (C=O) groups is 1. The van der Waals surface area contributed by atoms with Gasteiger partial charge in [-0.25, -0.2) is 4.79 Å². The van der Waals surface area contributed by atoms with Crippen LogP contribution in [-0.2, 0) is 4.74 Å². The van der Waals surface area contributed by atoms with Crippen LogP contribution in [0.2, 0.25) is 0 Å². The SMILES string of the molecule is CNCC1CN(C(=O)N(C)C)CCO1. The van der Waals surface area contributed by atoms with E-state index in [1.165, 1.54) is 0 Å². The van der Waals surface area contributed by atoms with Crippen molar-refractivity contribution in [3.8, 4) is 0 Å². The zero-order chi connectivity index (χ0) is 10.6. The van der Waals surface area contributed by atoms with E-state index in [1.807, 2.05) is 11.9 Å². The quantitative estimate of drug-likeness (QED) is 0.660. The molecule has 1 rings (SSSR count). The Morgan fingerprint density at radius 3 is 2.93 bits per heavy atom. The summed E-state index contributed by atoms with van der Waals surface area (Å²) in [5, 5.41) is 3.05. The van der Waals surface area contributed by atoms with Crippen LogP contribution in [0.5, 0.6) is 0 Å². The number of nitrogens with one attached hydrogen (secondary N) is 1. The number of rotatable bonds is 2. The van der Waals surface area contributed by atoms with Crippen LogP contribution < -0.4 is 5.32 Å². The summed E-state index contributed by atoms with van der Waals surface area (Å²) in [6, 6.07) is 0.0643. The summed E-state index contributed by atoms with van der Waals surface area (Å²) >= 11 is 0. The number of amides is 2. The minimum atomic E-state index is 0.0643. The highest BCUT2D eigenvalue weighted by atomic mass is 16.5. The van der Waals surface area contributed by atoms with Crippen LogP contribution >= 0.6 is 0 Å². The van der Waals surface area contributed by atoms with E-state index in [4.69, 9.17) is 4.74 Å². The number of nitrogens with zero attached hydrogens (tertiary/aromatic N) is 2.